The molecule has 0 amide bonds. The van der Waals surface area contributed by atoms with Gasteiger partial charge in [0.1, 0.15) is 4.99 Å². The van der Waals surface area contributed by atoms with Crippen molar-refractivity contribution in [3.8, 4) is 0 Å². The fourth-order valence-electron chi connectivity index (χ4n) is 1.62. The monoisotopic (exact) mass is 330 g/mol. The lowest BCUT2D eigenvalue weighted by Gasteiger charge is -2.26. The molecule has 3 nitrogen and oxygen atoms in total. The minimum atomic E-state index is -0.227. The minimum absolute atomic E-state index is 0.227. The van der Waals surface area contributed by atoms with Gasteiger partial charge in [-0.2, -0.15) is 0 Å². The first-order valence-corrected chi connectivity index (χ1v) is 7.03. The Morgan fingerprint density at radius 1 is 1.50 bits per heavy atom. The Balaban J connectivity index is 2.82. The highest BCUT2D eigenvalue weighted by molar-refractivity contribution is 9.10. The van der Waals surface area contributed by atoms with E-state index in [1.807, 2.05) is 39.0 Å². The Morgan fingerprint density at radius 3 is 2.72 bits per heavy atom. The Morgan fingerprint density at radius 2 is 2.17 bits per heavy atom. The Bertz CT molecular complexity index is 435. The first kappa shape index (κ1) is 15.4. The molecule has 0 spiro atoms. The summed E-state index contributed by atoms with van der Waals surface area (Å²) in [6.45, 7) is 7.46. The summed E-state index contributed by atoms with van der Waals surface area (Å²) >= 11 is 8.47. The van der Waals surface area contributed by atoms with Gasteiger partial charge in [-0.15, -0.1) is 0 Å². The zero-order valence-electron chi connectivity index (χ0n) is 10.9. The molecular formula is C13H19BrN2OS. The number of thiocarbonyl (C=S) groups is 1. The van der Waals surface area contributed by atoms with Gasteiger partial charge >= 0.3 is 0 Å². The van der Waals surface area contributed by atoms with Gasteiger partial charge in [0.25, 0.3) is 0 Å². The van der Waals surface area contributed by atoms with E-state index in [-0.39, 0.29) is 5.60 Å². The second-order valence-corrected chi connectivity index (χ2v) is 5.96. The first-order chi connectivity index (χ1) is 8.35. The van der Waals surface area contributed by atoms with Gasteiger partial charge in [-0.3, -0.25) is 0 Å². The van der Waals surface area contributed by atoms with E-state index < -0.39 is 0 Å². The molecule has 0 heterocycles. The molecule has 0 aliphatic heterocycles. The van der Waals surface area contributed by atoms with Gasteiger partial charge in [-0.25, -0.2) is 0 Å². The SMILES string of the molecule is CCOC(C)(C)CNc1ccc(Br)cc1C(N)=S. The standard InChI is InChI=1S/C13H19BrN2OS/c1-4-17-13(2,3)8-16-11-6-5-9(14)7-10(11)12(15)18/h5-7,16H,4,8H2,1-3H3,(H2,15,18). The van der Waals surface area contributed by atoms with Gasteiger partial charge in [0.05, 0.1) is 5.60 Å². The molecule has 0 aliphatic rings. The molecule has 0 saturated heterocycles. The second kappa shape index (κ2) is 6.50. The molecule has 0 aromatic heterocycles. The molecule has 0 unspecified atom stereocenters. The summed E-state index contributed by atoms with van der Waals surface area (Å²) in [6, 6.07) is 5.83. The predicted molar refractivity (Wildman–Crippen MR) is 84.2 cm³/mol. The zero-order chi connectivity index (χ0) is 13.8. The normalized spacial score (nSPS) is 11.3. The van der Waals surface area contributed by atoms with Crippen molar-refractivity contribution in [1.29, 1.82) is 0 Å². The topological polar surface area (TPSA) is 47.3 Å². The van der Waals surface area contributed by atoms with Crippen molar-refractivity contribution in [1.82, 2.24) is 0 Å². The molecule has 3 N–H and O–H groups in total. The molecule has 1 rings (SSSR count). The predicted octanol–water partition coefficient (Wildman–Crippen LogP) is 3.31. The van der Waals surface area contributed by atoms with E-state index in [1.54, 1.807) is 0 Å². The lowest BCUT2D eigenvalue weighted by atomic mass is 10.1. The van der Waals surface area contributed by atoms with Crippen LogP contribution in [0.15, 0.2) is 22.7 Å². The molecule has 0 atom stereocenters. The maximum absolute atomic E-state index is 5.72. The molecule has 0 aliphatic carbocycles. The van der Waals surface area contributed by atoms with Gasteiger partial charge < -0.3 is 15.8 Å². The van der Waals surface area contributed by atoms with Crippen LogP contribution >= 0.6 is 28.1 Å². The van der Waals surface area contributed by atoms with Gasteiger partial charge in [0, 0.05) is 28.9 Å². The maximum Gasteiger partial charge on any atom is 0.106 e. The van der Waals surface area contributed by atoms with Crippen LogP contribution in [0.25, 0.3) is 0 Å². The van der Waals surface area contributed by atoms with Crippen molar-refractivity contribution in [2.45, 2.75) is 26.4 Å². The van der Waals surface area contributed by atoms with Crippen molar-refractivity contribution in [3.05, 3.63) is 28.2 Å². The van der Waals surface area contributed by atoms with Crippen LogP contribution in [0, 0.1) is 0 Å². The van der Waals surface area contributed by atoms with E-state index in [0.29, 0.717) is 18.1 Å². The number of rotatable bonds is 6. The third kappa shape index (κ3) is 4.55. The third-order valence-corrected chi connectivity index (χ3v) is 3.20. The number of hydrogen-bond acceptors (Lipinski definition) is 3. The molecule has 0 bridgehead atoms. The van der Waals surface area contributed by atoms with Crippen LogP contribution < -0.4 is 11.1 Å². The smallest absolute Gasteiger partial charge is 0.106 e. The molecular weight excluding hydrogens is 312 g/mol. The quantitative estimate of drug-likeness (QED) is 0.785. The lowest BCUT2D eigenvalue weighted by molar-refractivity contribution is 0.000697. The highest BCUT2D eigenvalue weighted by Gasteiger charge is 2.18. The van der Waals surface area contributed by atoms with Crippen LogP contribution in [0.3, 0.4) is 0 Å². The van der Waals surface area contributed by atoms with Crippen LogP contribution in [-0.4, -0.2) is 23.7 Å². The van der Waals surface area contributed by atoms with Crippen molar-refractivity contribution < 1.29 is 4.74 Å². The van der Waals surface area contributed by atoms with E-state index in [9.17, 15) is 0 Å². The summed E-state index contributed by atoms with van der Waals surface area (Å²) in [5.74, 6) is 0. The van der Waals surface area contributed by atoms with Crippen molar-refractivity contribution >= 4 is 38.8 Å². The fourth-order valence-corrected chi connectivity index (χ4v) is 2.15. The molecule has 100 valence electrons. The zero-order valence-corrected chi connectivity index (χ0v) is 13.3. The largest absolute Gasteiger partial charge is 0.389 e. The number of hydrogen-bond donors (Lipinski definition) is 2. The van der Waals surface area contributed by atoms with Crippen molar-refractivity contribution in [2.75, 3.05) is 18.5 Å². The van der Waals surface area contributed by atoms with E-state index >= 15 is 0 Å². The van der Waals surface area contributed by atoms with Gasteiger partial charge in [0.15, 0.2) is 0 Å². The Kier molecular flexibility index (Phi) is 5.56. The summed E-state index contributed by atoms with van der Waals surface area (Å²) in [5.41, 5.74) is 7.26. The van der Waals surface area contributed by atoms with Crippen molar-refractivity contribution in [2.24, 2.45) is 5.73 Å². The first-order valence-electron chi connectivity index (χ1n) is 5.83. The summed E-state index contributed by atoms with van der Waals surface area (Å²) in [4.78, 5) is 0.382. The maximum atomic E-state index is 5.72. The fraction of sp³-hybridized carbons (Fsp3) is 0.462. The van der Waals surface area contributed by atoms with Crippen molar-refractivity contribution in [3.63, 3.8) is 0 Å². The van der Waals surface area contributed by atoms with Crippen LogP contribution in [0.4, 0.5) is 5.69 Å². The average Bonchev–Trinajstić information content (AvgIpc) is 2.27. The van der Waals surface area contributed by atoms with E-state index in [4.69, 9.17) is 22.7 Å². The lowest BCUT2D eigenvalue weighted by Crippen LogP contribution is -2.33. The van der Waals surface area contributed by atoms with E-state index in [1.165, 1.54) is 0 Å². The second-order valence-electron chi connectivity index (χ2n) is 4.60. The van der Waals surface area contributed by atoms with Gasteiger partial charge in [0.2, 0.25) is 0 Å². The Labute approximate surface area is 122 Å². The molecule has 1 aromatic rings. The number of anilines is 1. The molecule has 1 aromatic carbocycles. The number of ether oxygens (including phenoxy) is 1. The summed E-state index contributed by atoms with van der Waals surface area (Å²) in [5, 5.41) is 3.33. The third-order valence-electron chi connectivity index (χ3n) is 2.49. The minimum Gasteiger partial charge on any atom is -0.389 e. The molecule has 0 saturated carbocycles. The average molecular weight is 331 g/mol. The molecule has 0 radical (unpaired) electrons. The number of nitrogens with two attached hydrogens (primary N) is 1. The van der Waals surface area contributed by atoms with Gasteiger partial charge in [-0.1, -0.05) is 28.1 Å². The van der Waals surface area contributed by atoms with E-state index in [0.717, 1.165) is 15.7 Å². The summed E-state index contributed by atoms with van der Waals surface area (Å²) in [6.07, 6.45) is 0. The number of benzene rings is 1. The highest BCUT2D eigenvalue weighted by atomic mass is 79.9. The number of halogens is 1. The summed E-state index contributed by atoms with van der Waals surface area (Å²) < 4.78 is 6.60. The van der Waals surface area contributed by atoms with Crippen LogP contribution in [0.2, 0.25) is 0 Å². The van der Waals surface area contributed by atoms with Gasteiger partial charge in [-0.05, 0) is 39.0 Å². The van der Waals surface area contributed by atoms with Crippen LogP contribution in [0.1, 0.15) is 26.3 Å². The Hall–Kier alpha value is -0.650. The van der Waals surface area contributed by atoms with E-state index in [2.05, 4.69) is 21.2 Å². The summed E-state index contributed by atoms with van der Waals surface area (Å²) in [7, 11) is 0. The number of nitrogens with one attached hydrogen (secondary N) is 1. The molecule has 18 heavy (non-hydrogen) atoms. The molecule has 5 heteroatoms. The van der Waals surface area contributed by atoms with Crippen LogP contribution in [-0.2, 0) is 4.74 Å². The highest BCUT2D eigenvalue weighted by Crippen LogP contribution is 2.22. The molecule has 0 fully saturated rings. The van der Waals surface area contributed by atoms with Crippen LogP contribution in [0.5, 0.6) is 0 Å².